The number of benzene rings is 1. The lowest BCUT2D eigenvalue weighted by atomic mass is 10.2. The number of hydrogen-bond acceptors (Lipinski definition) is 8. The summed E-state index contributed by atoms with van der Waals surface area (Å²) in [6, 6.07) is 4.71. The Hall–Kier alpha value is -4.69. The molecule has 39 heavy (non-hydrogen) atoms. The minimum Gasteiger partial charge on any atom is -0.480 e. The standard InChI is InChI=1S/C24H34N6O9/c1-13(20(34)26-11-19(32)33)28-23(37)16(4)29-22(36)15(3)27-18(31)10-25-21(35)14(2)30-24(38)39-12-17-8-6-5-7-9-17/h5-9,13-16H,10-12H2,1-4H3,(H,25,35)(H,26,34)(H,27,31)(H,28,37)(H,29,36)(H,30,38)(H,32,33). The quantitative estimate of drug-likeness (QED) is 0.138. The topological polar surface area (TPSA) is 221 Å². The molecular weight excluding hydrogens is 516 g/mol. The van der Waals surface area contributed by atoms with Crippen LogP contribution in [0.1, 0.15) is 33.3 Å². The van der Waals surface area contributed by atoms with Gasteiger partial charge in [0.05, 0.1) is 6.54 Å². The summed E-state index contributed by atoms with van der Waals surface area (Å²) in [6.07, 6.45) is -0.815. The van der Waals surface area contributed by atoms with Crippen molar-refractivity contribution >= 4 is 41.6 Å². The Morgan fingerprint density at radius 2 is 1.13 bits per heavy atom. The van der Waals surface area contributed by atoms with Gasteiger partial charge >= 0.3 is 12.1 Å². The van der Waals surface area contributed by atoms with Crippen molar-refractivity contribution in [2.75, 3.05) is 13.1 Å². The van der Waals surface area contributed by atoms with E-state index in [1.807, 2.05) is 6.07 Å². The Kier molecular flexibility index (Phi) is 13.4. The molecule has 0 aliphatic heterocycles. The highest BCUT2D eigenvalue weighted by atomic mass is 16.5. The molecule has 214 valence electrons. The number of alkyl carbamates (subject to hydrolysis) is 1. The van der Waals surface area contributed by atoms with Gasteiger partial charge in [0.2, 0.25) is 29.5 Å². The fourth-order valence-corrected chi connectivity index (χ4v) is 2.81. The molecule has 15 nitrogen and oxygen atoms in total. The van der Waals surface area contributed by atoms with Crippen molar-refractivity contribution in [1.82, 2.24) is 31.9 Å². The second kappa shape index (κ2) is 16.2. The van der Waals surface area contributed by atoms with E-state index < -0.39 is 78.9 Å². The monoisotopic (exact) mass is 550 g/mol. The molecule has 4 unspecified atom stereocenters. The first-order valence-electron chi connectivity index (χ1n) is 11.9. The van der Waals surface area contributed by atoms with Crippen LogP contribution in [0.3, 0.4) is 0 Å². The first kappa shape index (κ1) is 32.3. The molecule has 0 aromatic heterocycles. The van der Waals surface area contributed by atoms with Gasteiger partial charge < -0.3 is 41.7 Å². The molecule has 0 fully saturated rings. The molecule has 7 N–H and O–H groups in total. The molecule has 0 saturated carbocycles. The number of carbonyl (C=O) groups is 7. The van der Waals surface area contributed by atoms with Crippen LogP contribution in [-0.2, 0) is 40.1 Å². The third-order valence-electron chi connectivity index (χ3n) is 5.05. The first-order valence-corrected chi connectivity index (χ1v) is 11.9. The number of nitrogens with one attached hydrogen (secondary N) is 6. The molecule has 0 aliphatic carbocycles. The lowest BCUT2D eigenvalue weighted by molar-refractivity contribution is -0.138. The number of aliphatic carboxylic acids is 1. The number of ether oxygens (including phenoxy) is 1. The lowest BCUT2D eigenvalue weighted by Gasteiger charge is -2.20. The van der Waals surface area contributed by atoms with Crippen LogP contribution in [0.2, 0.25) is 0 Å². The van der Waals surface area contributed by atoms with Crippen LogP contribution in [0.25, 0.3) is 0 Å². The maximum atomic E-state index is 12.3. The van der Waals surface area contributed by atoms with Gasteiger partial charge in [0.15, 0.2) is 0 Å². The summed E-state index contributed by atoms with van der Waals surface area (Å²) in [5, 5.41) is 22.4. The Labute approximate surface area is 224 Å². The van der Waals surface area contributed by atoms with Crippen molar-refractivity contribution in [3.05, 3.63) is 35.9 Å². The van der Waals surface area contributed by atoms with E-state index in [9.17, 15) is 33.6 Å². The highest BCUT2D eigenvalue weighted by molar-refractivity contribution is 5.95. The van der Waals surface area contributed by atoms with E-state index in [1.54, 1.807) is 24.3 Å². The summed E-state index contributed by atoms with van der Waals surface area (Å²) in [5.41, 5.74) is 0.768. The lowest BCUT2D eigenvalue weighted by Crippen LogP contribution is -2.55. The summed E-state index contributed by atoms with van der Waals surface area (Å²) in [5.74, 6) is -4.76. The summed E-state index contributed by atoms with van der Waals surface area (Å²) in [4.78, 5) is 83.0. The predicted octanol–water partition coefficient (Wildman–Crippen LogP) is -1.87. The molecule has 0 radical (unpaired) electrons. The van der Waals surface area contributed by atoms with Gasteiger partial charge in [0, 0.05) is 0 Å². The summed E-state index contributed by atoms with van der Waals surface area (Å²) < 4.78 is 5.03. The first-order chi connectivity index (χ1) is 18.3. The van der Waals surface area contributed by atoms with Gasteiger partial charge in [0.1, 0.15) is 37.3 Å². The van der Waals surface area contributed by atoms with Crippen LogP contribution in [0.4, 0.5) is 4.79 Å². The zero-order valence-corrected chi connectivity index (χ0v) is 22.0. The molecule has 1 aromatic rings. The minimum absolute atomic E-state index is 0.0186. The zero-order valence-electron chi connectivity index (χ0n) is 22.0. The summed E-state index contributed by atoms with van der Waals surface area (Å²) in [6.45, 7) is 4.36. The van der Waals surface area contributed by atoms with Crippen LogP contribution in [-0.4, -0.2) is 84.0 Å². The van der Waals surface area contributed by atoms with E-state index in [4.69, 9.17) is 9.84 Å². The average molecular weight is 551 g/mol. The van der Waals surface area contributed by atoms with Gasteiger partial charge in [0.25, 0.3) is 0 Å². The van der Waals surface area contributed by atoms with Gasteiger partial charge in [-0.05, 0) is 33.3 Å². The maximum Gasteiger partial charge on any atom is 0.408 e. The van der Waals surface area contributed by atoms with Crippen molar-refractivity contribution in [3.8, 4) is 0 Å². The molecule has 15 heteroatoms. The van der Waals surface area contributed by atoms with Gasteiger partial charge in [-0.15, -0.1) is 0 Å². The zero-order chi connectivity index (χ0) is 29.5. The largest absolute Gasteiger partial charge is 0.480 e. The highest BCUT2D eigenvalue weighted by Gasteiger charge is 2.24. The molecule has 0 heterocycles. The fourth-order valence-electron chi connectivity index (χ4n) is 2.81. The number of rotatable bonds is 14. The van der Waals surface area contributed by atoms with Gasteiger partial charge in [-0.1, -0.05) is 30.3 Å². The smallest absolute Gasteiger partial charge is 0.408 e. The maximum absolute atomic E-state index is 12.3. The van der Waals surface area contributed by atoms with E-state index in [2.05, 4.69) is 31.9 Å². The number of hydrogen-bond donors (Lipinski definition) is 7. The summed E-state index contributed by atoms with van der Waals surface area (Å²) in [7, 11) is 0. The van der Waals surface area contributed by atoms with E-state index >= 15 is 0 Å². The van der Waals surface area contributed by atoms with Gasteiger partial charge in [-0.25, -0.2) is 4.79 Å². The third kappa shape index (κ3) is 12.9. The SMILES string of the molecule is CC(NC(=O)CNC(=O)C(C)NC(=O)OCc1ccccc1)C(=O)NC(C)C(=O)NC(C)C(=O)NCC(=O)O. The minimum atomic E-state index is -1.25. The number of amides is 6. The van der Waals surface area contributed by atoms with Gasteiger partial charge in [-0.2, -0.15) is 0 Å². The van der Waals surface area contributed by atoms with E-state index in [-0.39, 0.29) is 6.61 Å². The third-order valence-corrected chi connectivity index (χ3v) is 5.05. The second-order valence-corrected chi connectivity index (χ2v) is 8.51. The van der Waals surface area contributed by atoms with E-state index in [0.717, 1.165) is 5.56 Å². The fraction of sp³-hybridized carbons (Fsp3) is 0.458. The molecule has 6 amide bonds. The van der Waals surface area contributed by atoms with Crippen LogP contribution in [0.5, 0.6) is 0 Å². The molecule has 1 rings (SSSR count). The molecule has 4 atom stereocenters. The van der Waals surface area contributed by atoms with Crippen molar-refractivity contribution in [1.29, 1.82) is 0 Å². The van der Waals surface area contributed by atoms with Crippen LogP contribution in [0.15, 0.2) is 30.3 Å². The van der Waals surface area contributed by atoms with Gasteiger partial charge in [-0.3, -0.25) is 28.8 Å². The molecule has 0 bridgehead atoms. The van der Waals surface area contributed by atoms with Crippen LogP contribution < -0.4 is 31.9 Å². The molecule has 0 aliphatic rings. The average Bonchev–Trinajstić information content (AvgIpc) is 2.89. The molecular formula is C24H34N6O9. The van der Waals surface area contributed by atoms with Crippen molar-refractivity contribution in [2.24, 2.45) is 0 Å². The summed E-state index contributed by atoms with van der Waals surface area (Å²) >= 11 is 0. The van der Waals surface area contributed by atoms with E-state index in [1.165, 1.54) is 27.7 Å². The Balaban J connectivity index is 2.37. The Morgan fingerprint density at radius 3 is 1.67 bits per heavy atom. The predicted molar refractivity (Wildman–Crippen MR) is 136 cm³/mol. The van der Waals surface area contributed by atoms with Crippen LogP contribution >= 0.6 is 0 Å². The Morgan fingerprint density at radius 1 is 0.667 bits per heavy atom. The van der Waals surface area contributed by atoms with Crippen LogP contribution in [0, 0.1) is 0 Å². The molecule has 0 saturated heterocycles. The van der Waals surface area contributed by atoms with Crippen molar-refractivity contribution in [3.63, 3.8) is 0 Å². The molecule has 1 aromatic carbocycles. The number of carbonyl (C=O) groups excluding carboxylic acids is 6. The normalized spacial score (nSPS) is 13.3. The highest BCUT2D eigenvalue weighted by Crippen LogP contribution is 2.00. The van der Waals surface area contributed by atoms with E-state index in [0.29, 0.717) is 0 Å². The Bertz CT molecular complexity index is 1050. The number of carboxylic acids is 1. The second-order valence-electron chi connectivity index (χ2n) is 8.51. The molecule has 0 spiro atoms. The van der Waals surface area contributed by atoms with Crippen molar-refractivity contribution < 1.29 is 43.4 Å². The number of carboxylic acid groups (broad SMARTS) is 1. The van der Waals surface area contributed by atoms with Crippen molar-refractivity contribution in [2.45, 2.75) is 58.5 Å².